The second kappa shape index (κ2) is 9.67. The molecule has 2 aliphatic rings. The van der Waals surface area contributed by atoms with E-state index in [4.69, 9.17) is 15.2 Å². The summed E-state index contributed by atoms with van der Waals surface area (Å²) < 4.78 is 11.4. The minimum atomic E-state index is 0.00800. The van der Waals surface area contributed by atoms with E-state index >= 15 is 0 Å². The normalized spacial score (nSPS) is 16.3. The van der Waals surface area contributed by atoms with Crippen LogP contribution in [0, 0.1) is 5.92 Å². The lowest BCUT2D eigenvalue weighted by atomic mass is 9.93. The lowest BCUT2D eigenvalue weighted by Gasteiger charge is -2.31. The number of hydrogen-bond acceptors (Lipinski definition) is 7. The van der Waals surface area contributed by atoms with Crippen molar-refractivity contribution in [2.75, 3.05) is 32.5 Å². The van der Waals surface area contributed by atoms with Gasteiger partial charge in [0.05, 0.1) is 19.4 Å². The van der Waals surface area contributed by atoms with Gasteiger partial charge in [-0.05, 0) is 68.0 Å². The number of likely N-dealkylation sites (tertiary alicyclic amines) is 1. The number of methoxy groups -OCH3 is 1. The molecule has 1 aliphatic heterocycles. The Morgan fingerprint density at radius 2 is 1.88 bits per heavy atom. The van der Waals surface area contributed by atoms with Crippen LogP contribution in [0.1, 0.15) is 47.7 Å². The molecule has 1 saturated heterocycles. The summed E-state index contributed by atoms with van der Waals surface area (Å²) in [5, 5.41) is 8.16. The highest BCUT2D eigenvalue weighted by molar-refractivity contribution is 5.95. The fourth-order valence-electron chi connectivity index (χ4n) is 4.31. The highest BCUT2D eigenvalue weighted by atomic mass is 16.5. The number of amides is 1. The number of pyridine rings is 1. The van der Waals surface area contributed by atoms with Crippen LogP contribution in [0.15, 0.2) is 48.7 Å². The molecule has 176 valence electrons. The smallest absolute Gasteiger partial charge is 0.253 e. The summed E-state index contributed by atoms with van der Waals surface area (Å²) in [5.41, 5.74) is 8.99. The van der Waals surface area contributed by atoms with Crippen molar-refractivity contribution < 1.29 is 14.3 Å². The van der Waals surface area contributed by atoms with Gasteiger partial charge in [-0.1, -0.05) is 0 Å². The molecule has 2 fully saturated rings. The second-order valence-corrected chi connectivity index (χ2v) is 9.00. The third-order valence-electron chi connectivity index (χ3n) is 6.57. The first-order valence-corrected chi connectivity index (χ1v) is 11.8. The van der Waals surface area contributed by atoms with E-state index in [1.165, 1.54) is 12.8 Å². The Balaban J connectivity index is 1.24. The number of rotatable bonds is 7. The highest BCUT2D eigenvalue weighted by Gasteiger charge is 2.26. The summed E-state index contributed by atoms with van der Waals surface area (Å²) in [6.45, 7) is 2.08. The number of piperidine rings is 1. The molecule has 34 heavy (non-hydrogen) atoms. The van der Waals surface area contributed by atoms with Gasteiger partial charge in [-0.3, -0.25) is 4.79 Å². The van der Waals surface area contributed by atoms with Crippen molar-refractivity contribution in [2.24, 2.45) is 5.92 Å². The van der Waals surface area contributed by atoms with E-state index in [0.717, 1.165) is 36.3 Å². The number of nitrogens with two attached hydrogens (primary N) is 1. The summed E-state index contributed by atoms with van der Waals surface area (Å²) in [5.74, 6) is 2.68. The van der Waals surface area contributed by atoms with Crippen molar-refractivity contribution in [3.8, 4) is 22.8 Å². The number of carbonyl (C=O) groups is 1. The topological polar surface area (TPSA) is 103 Å². The molecule has 0 radical (unpaired) electrons. The van der Waals surface area contributed by atoms with E-state index in [-0.39, 0.29) is 11.8 Å². The molecule has 8 heteroatoms. The van der Waals surface area contributed by atoms with Crippen molar-refractivity contribution in [2.45, 2.75) is 31.6 Å². The zero-order valence-corrected chi connectivity index (χ0v) is 19.3. The Morgan fingerprint density at radius 3 is 2.53 bits per heavy atom. The largest absolute Gasteiger partial charge is 0.496 e. The monoisotopic (exact) mass is 459 g/mol. The Hall–Kier alpha value is -3.68. The molecule has 3 aromatic rings. The Labute approximate surface area is 199 Å². The third kappa shape index (κ3) is 4.95. The summed E-state index contributed by atoms with van der Waals surface area (Å²) in [7, 11) is 1.62. The molecule has 1 aromatic carbocycles. The number of aromatic nitrogens is 3. The molecule has 0 spiro atoms. The van der Waals surface area contributed by atoms with Crippen LogP contribution in [0.2, 0.25) is 0 Å². The van der Waals surface area contributed by atoms with Gasteiger partial charge in [-0.2, -0.15) is 5.10 Å². The predicted molar refractivity (Wildman–Crippen MR) is 129 cm³/mol. The average Bonchev–Trinajstić information content (AvgIpc) is 3.72. The van der Waals surface area contributed by atoms with Gasteiger partial charge < -0.3 is 20.1 Å². The van der Waals surface area contributed by atoms with Crippen LogP contribution < -0.4 is 15.2 Å². The highest BCUT2D eigenvalue weighted by Crippen LogP contribution is 2.33. The van der Waals surface area contributed by atoms with Crippen molar-refractivity contribution in [3.63, 3.8) is 0 Å². The standard InChI is InChI=1S/C26H29N5O3/c1-33-23-14-19(4-6-21(23)20-5-9-25(28-15-20)34-16-17-2-3-17)26(32)31-12-10-18(11-13-31)22-7-8-24(27)30-29-22/h4-9,14-15,17-18H,2-3,10-13,16H2,1H3,(H2,27,30). The maximum atomic E-state index is 13.2. The molecule has 3 heterocycles. The van der Waals surface area contributed by atoms with Gasteiger partial charge >= 0.3 is 0 Å². The fourth-order valence-corrected chi connectivity index (χ4v) is 4.31. The number of benzene rings is 1. The molecule has 5 rings (SSSR count). The summed E-state index contributed by atoms with van der Waals surface area (Å²) in [4.78, 5) is 19.5. The molecule has 0 bridgehead atoms. The maximum absolute atomic E-state index is 13.2. The molecular weight excluding hydrogens is 430 g/mol. The molecule has 1 amide bonds. The van der Waals surface area contributed by atoms with E-state index in [1.54, 1.807) is 19.4 Å². The summed E-state index contributed by atoms with van der Waals surface area (Å²) >= 11 is 0. The minimum Gasteiger partial charge on any atom is -0.496 e. The summed E-state index contributed by atoms with van der Waals surface area (Å²) in [6, 6.07) is 13.1. The van der Waals surface area contributed by atoms with Crippen molar-refractivity contribution in [1.29, 1.82) is 0 Å². The van der Waals surface area contributed by atoms with Crippen LogP contribution in [-0.4, -0.2) is 52.8 Å². The van der Waals surface area contributed by atoms with Crippen molar-refractivity contribution in [3.05, 3.63) is 59.9 Å². The maximum Gasteiger partial charge on any atom is 0.253 e. The lowest BCUT2D eigenvalue weighted by Crippen LogP contribution is -2.38. The quantitative estimate of drug-likeness (QED) is 0.571. The van der Waals surface area contributed by atoms with Gasteiger partial charge in [-0.15, -0.1) is 5.10 Å². The van der Waals surface area contributed by atoms with Gasteiger partial charge in [-0.25, -0.2) is 4.98 Å². The van der Waals surface area contributed by atoms with Crippen LogP contribution in [0.4, 0.5) is 5.82 Å². The number of hydrogen-bond donors (Lipinski definition) is 1. The van der Waals surface area contributed by atoms with Gasteiger partial charge in [0.1, 0.15) is 11.6 Å². The van der Waals surface area contributed by atoms with E-state index in [0.29, 0.717) is 42.0 Å². The molecule has 1 saturated carbocycles. The Morgan fingerprint density at radius 1 is 1.06 bits per heavy atom. The average molecular weight is 460 g/mol. The van der Waals surface area contributed by atoms with E-state index < -0.39 is 0 Å². The molecule has 2 aromatic heterocycles. The first-order valence-electron chi connectivity index (χ1n) is 11.8. The minimum absolute atomic E-state index is 0.00800. The third-order valence-corrected chi connectivity index (χ3v) is 6.57. The van der Waals surface area contributed by atoms with Crippen LogP contribution in [0.25, 0.3) is 11.1 Å². The van der Waals surface area contributed by atoms with Gasteiger partial charge in [0.25, 0.3) is 5.91 Å². The zero-order valence-electron chi connectivity index (χ0n) is 19.3. The molecule has 8 nitrogen and oxygen atoms in total. The van der Waals surface area contributed by atoms with Crippen LogP contribution in [0.5, 0.6) is 11.6 Å². The van der Waals surface area contributed by atoms with Crippen LogP contribution in [-0.2, 0) is 0 Å². The van der Waals surface area contributed by atoms with E-state index in [2.05, 4.69) is 15.2 Å². The Bertz CT molecular complexity index is 1140. The molecule has 0 unspecified atom stereocenters. The van der Waals surface area contributed by atoms with Crippen molar-refractivity contribution in [1.82, 2.24) is 20.1 Å². The number of nitrogens with zero attached hydrogens (tertiary/aromatic N) is 4. The zero-order chi connectivity index (χ0) is 23.5. The predicted octanol–water partition coefficient (Wildman–Crippen LogP) is 3.94. The lowest BCUT2D eigenvalue weighted by molar-refractivity contribution is 0.0711. The molecule has 1 aliphatic carbocycles. The first kappa shape index (κ1) is 22.1. The van der Waals surface area contributed by atoms with Gasteiger partial charge in [0, 0.05) is 48.0 Å². The fraction of sp³-hybridized carbons (Fsp3) is 0.385. The van der Waals surface area contributed by atoms with E-state index in [9.17, 15) is 4.79 Å². The number of anilines is 1. The molecular formula is C26H29N5O3. The van der Waals surface area contributed by atoms with Gasteiger partial charge in [0.2, 0.25) is 5.88 Å². The second-order valence-electron chi connectivity index (χ2n) is 9.00. The van der Waals surface area contributed by atoms with E-state index in [1.807, 2.05) is 41.3 Å². The number of nitrogen functional groups attached to an aromatic ring is 1. The van der Waals surface area contributed by atoms with Gasteiger partial charge in [0.15, 0.2) is 0 Å². The molecule has 0 atom stereocenters. The van der Waals surface area contributed by atoms with Crippen LogP contribution >= 0.6 is 0 Å². The first-order chi connectivity index (χ1) is 16.6. The SMILES string of the molecule is COc1cc(C(=O)N2CCC(c3ccc(N)nn3)CC2)ccc1-c1ccc(OCC2CC2)nc1. The van der Waals surface area contributed by atoms with Crippen LogP contribution in [0.3, 0.4) is 0 Å². The summed E-state index contributed by atoms with van der Waals surface area (Å²) in [6.07, 6.45) is 5.97. The number of ether oxygens (including phenoxy) is 2. The molecule has 2 N–H and O–H groups in total. The number of carbonyl (C=O) groups excluding carboxylic acids is 1. The Kier molecular flexibility index (Phi) is 6.29. The van der Waals surface area contributed by atoms with Crippen molar-refractivity contribution >= 4 is 11.7 Å².